The first-order valence-electron chi connectivity index (χ1n) is 7.07. The second-order valence-corrected chi connectivity index (χ2v) is 5.14. The van der Waals surface area contributed by atoms with Crippen LogP contribution >= 0.6 is 0 Å². The number of carbonyl (C=O) groups is 2. The van der Waals surface area contributed by atoms with Crippen molar-refractivity contribution in [2.75, 3.05) is 29.9 Å². The van der Waals surface area contributed by atoms with E-state index in [-0.39, 0.29) is 18.3 Å². The third kappa shape index (κ3) is 3.89. The fraction of sp³-hybridized carbons (Fsp3) is 0.538. The number of aldehydes is 1. The van der Waals surface area contributed by atoms with Crippen molar-refractivity contribution in [3.8, 4) is 0 Å². The highest BCUT2D eigenvalue weighted by Crippen LogP contribution is 2.19. The van der Waals surface area contributed by atoms with E-state index in [4.69, 9.17) is 11.5 Å². The van der Waals surface area contributed by atoms with E-state index in [2.05, 4.69) is 15.3 Å². The van der Waals surface area contributed by atoms with Gasteiger partial charge in [-0.2, -0.15) is 4.98 Å². The fourth-order valence-electron chi connectivity index (χ4n) is 2.18. The monoisotopic (exact) mass is 308 g/mol. The second-order valence-electron chi connectivity index (χ2n) is 5.14. The molecular weight excluding hydrogens is 288 g/mol. The summed E-state index contributed by atoms with van der Waals surface area (Å²) < 4.78 is 0. The molecule has 0 aromatic carbocycles. The summed E-state index contributed by atoms with van der Waals surface area (Å²) in [7, 11) is 0. The van der Waals surface area contributed by atoms with Gasteiger partial charge in [-0.1, -0.05) is 0 Å². The number of nitrogens with one attached hydrogen (secondary N) is 1. The Morgan fingerprint density at radius 2 is 2.18 bits per heavy atom. The molecule has 0 aliphatic carbocycles. The molecule has 6 N–H and O–H groups in total. The van der Waals surface area contributed by atoms with Gasteiger partial charge in [0, 0.05) is 25.7 Å². The molecule has 120 valence electrons. The summed E-state index contributed by atoms with van der Waals surface area (Å²) >= 11 is 0. The molecule has 9 heteroatoms. The van der Waals surface area contributed by atoms with Crippen LogP contribution in [0.3, 0.4) is 0 Å². The summed E-state index contributed by atoms with van der Waals surface area (Å²) in [6, 6.07) is 0.781. The van der Waals surface area contributed by atoms with Gasteiger partial charge in [0.1, 0.15) is 17.8 Å². The summed E-state index contributed by atoms with van der Waals surface area (Å²) in [4.78, 5) is 32.6. The Bertz CT molecular complexity index is 545. The highest BCUT2D eigenvalue weighted by molar-refractivity contribution is 5.91. The summed E-state index contributed by atoms with van der Waals surface area (Å²) in [6.07, 6.45) is 1.55. The number of rotatable bonds is 6. The zero-order valence-electron chi connectivity index (χ0n) is 12.1. The maximum atomic E-state index is 11.4. The largest absolute Gasteiger partial charge is 0.393 e. The number of amides is 1. The topological polar surface area (TPSA) is 147 Å². The number of hydrogen-bond acceptors (Lipinski definition) is 8. The molecule has 0 unspecified atom stereocenters. The maximum Gasteiger partial charge on any atom is 0.267 e. The molecule has 2 heterocycles. The van der Waals surface area contributed by atoms with Crippen molar-refractivity contribution in [3.05, 3.63) is 11.8 Å². The van der Waals surface area contributed by atoms with Gasteiger partial charge in [-0.05, 0) is 12.8 Å². The smallest absolute Gasteiger partial charge is 0.267 e. The number of piperidine rings is 1. The van der Waals surface area contributed by atoms with Crippen LogP contribution in [0.5, 0.6) is 0 Å². The van der Waals surface area contributed by atoms with Gasteiger partial charge in [0.25, 0.3) is 5.91 Å². The van der Waals surface area contributed by atoms with Gasteiger partial charge in [0.15, 0.2) is 0 Å². The molecule has 1 aromatic heterocycles. The van der Waals surface area contributed by atoms with Crippen LogP contribution in [-0.4, -0.2) is 59.0 Å². The Morgan fingerprint density at radius 1 is 1.50 bits per heavy atom. The van der Waals surface area contributed by atoms with Crippen LogP contribution in [0.2, 0.25) is 0 Å². The zero-order chi connectivity index (χ0) is 16.1. The molecule has 0 spiro atoms. The third-order valence-electron chi connectivity index (χ3n) is 3.47. The van der Waals surface area contributed by atoms with Crippen LogP contribution in [0.15, 0.2) is 6.07 Å². The van der Waals surface area contributed by atoms with Gasteiger partial charge in [0.2, 0.25) is 5.95 Å². The van der Waals surface area contributed by atoms with E-state index in [9.17, 15) is 14.7 Å². The molecule has 1 aliphatic heterocycles. The van der Waals surface area contributed by atoms with E-state index in [1.807, 2.05) is 4.90 Å². The molecule has 0 radical (unpaired) electrons. The van der Waals surface area contributed by atoms with Gasteiger partial charge < -0.3 is 31.6 Å². The normalized spacial score (nSPS) is 17.1. The number of aromatic nitrogens is 2. The first-order valence-corrected chi connectivity index (χ1v) is 7.07. The van der Waals surface area contributed by atoms with Gasteiger partial charge in [0.05, 0.1) is 12.1 Å². The summed E-state index contributed by atoms with van der Waals surface area (Å²) in [5, 5.41) is 12.4. The van der Waals surface area contributed by atoms with Gasteiger partial charge in [-0.3, -0.25) is 4.79 Å². The Hall–Kier alpha value is -2.26. The van der Waals surface area contributed by atoms with Crippen molar-refractivity contribution < 1.29 is 14.7 Å². The molecule has 22 heavy (non-hydrogen) atoms. The summed E-state index contributed by atoms with van der Waals surface area (Å²) in [5.41, 5.74) is 10.8. The predicted molar refractivity (Wildman–Crippen MR) is 80.5 cm³/mol. The van der Waals surface area contributed by atoms with E-state index in [1.165, 1.54) is 6.07 Å². The Labute approximate surface area is 127 Å². The minimum atomic E-state index is -0.681. The first kappa shape index (κ1) is 16.1. The molecule has 1 amide bonds. The van der Waals surface area contributed by atoms with Gasteiger partial charge in [-0.25, -0.2) is 4.98 Å². The van der Waals surface area contributed by atoms with E-state index in [0.717, 1.165) is 0 Å². The minimum absolute atomic E-state index is 0.0558. The number of anilines is 2. The highest BCUT2D eigenvalue weighted by Gasteiger charge is 2.21. The average molecular weight is 308 g/mol. The first-order chi connectivity index (χ1) is 10.5. The SMILES string of the molecule is NC[C@@H](C=O)Nc1cc(C(N)=O)nc(N2CCC(O)CC2)n1. The van der Waals surface area contributed by atoms with E-state index in [0.29, 0.717) is 44.0 Å². The molecule has 0 bridgehead atoms. The lowest BCUT2D eigenvalue weighted by molar-refractivity contribution is -0.108. The van der Waals surface area contributed by atoms with Gasteiger partial charge >= 0.3 is 0 Å². The van der Waals surface area contributed by atoms with Crippen molar-refractivity contribution in [1.29, 1.82) is 0 Å². The van der Waals surface area contributed by atoms with Crippen molar-refractivity contribution in [2.24, 2.45) is 11.5 Å². The lowest BCUT2D eigenvalue weighted by Gasteiger charge is -2.30. The summed E-state index contributed by atoms with van der Waals surface area (Å²) in [5.74, 6) is -0.0287. The molecular formula is C13H20N6O3. The lowest BCUT2D eigenvalue weighted by atomic mass is 10.1. The van der Waals surface area contributed by atoms with Gasteiger partial charge in [-0.15, -0.1) is 0 Å². The third-order valence-corrected chi connectivity index (χ3v) is 3.47. The number of nitrogens with two attached hydrogens (primary N) is 2. The number of nitrogens with zero attached hydrogens (tertiary/aromatic N) is 3. The number of aliphatic hydroxyl groups excluding tert-OH is 1. The van der Waals surface area contributed by atoms with Crippen LogP contribution in [0.4, 0.5) is 11.8 Å². The maximum absolute atomic E-state index is 11.4. The quantitative estimate of drug-likeness (QED) is 0.463. The molecule has 1 fully saturated rings. The minimum Gasteiger partial charge on any atom is -0.393 e. The molecule has 9 nitrogen and oxygen atoms in total. The van der Waals surface area contributed by atoms with E-state index < -0.39 is 11.9 Å². The Kier molecular flexibility index (Phi) is 5.23. The van der Waals surface area contributed by atoms with Crippen molar-refractivity contribution >= 4 is 24.0 Å². The molecule has 1 aliphatic rings. The molecule has 1 aromatic rings. The van der Waals surface area contributed by atoms with E-state index >= 15 is 0 Å². The number of primary amides is 1. The van der Waals surface area contributed by atoms with Crippen molar-refractivity contribution in [2.45, 2.75) is 25.0 Å². The van der Waals surface area contributed by atoms with Crippen LogP contribution in [-0.2, 0) is 4.79 Å². The van der Waals surface area contributed by atoms with Crippen LogP contribution in [0.1, 0.15) is 23.3 Å². The van der Waals surface area contributed by atoms with Crippen LogP contribution in [0.25, 0.3) is 0 Å². The van der Waals surface area contributed by atoms with Crippen molar-refractivity contribution in [3.63, 3.8) is 0 Å². The Balaban J connectivity index is 2.26. The van der Waals surface area contributed by atoms with E-state index in [1.54, 1.807) is 0 Å². The van der Waals surface area contributed by atoms with Crippen LogP contribution in [0, 0.1) is 0 Å². The standard InChI is InChI=1S/C13H20N6O3/c14-6-8(7-20)16-11-5-10(12(15)22)17-13(18-11)19-3-1-9(21)2-4-19/h5,7-9,21H,1-4,6,14H2,(H2,15,22)(H,16,17,18)/t8-/m0/s1. The summed E-state index contributed by atoms with van der Waals surface area (Å²) in [6.45, 7) is 1.26. The van der Waals surface area contributed by atoms with Crippen LogP contribution < -0.4 is 21.7 Å². The molecule has 2 rings (SSSR count). The zero-order valence-corrected chi connectivity index (χ0v) is 12.1. The lowest BCUT2D eigenvalue weighted by Crippen LogP contribution is -2.37. The Morgan fingerprint density at radius 3 is 2.73 bits per heavy atom. The number of aliphatic hydroxyl groups is 1. The fourth-order valence-corrected chi connectivity index (χ4v) is 2.18. The average Bonchev–Trinajstić information content (AvgIpc) is 2.53. The highest BCUT2D eigenvalue weighted by atomic mass is 16.3. The molecule has 1 atom stereocenters. The molecule has 0 saturated carbocycles. The second kappa shape index (κ2) is 7.14. The number of carbonyl (C=O) groups excluding carboxylic acids is 2. The predicted octanol–water partition coefficient (Wildman–Crippen LogP) is -1.53. The molecule has 1 saturated heterocycles. The number of hydrogen-bond donors (Lipinski definition) is 4. The van der Waals surface area contributed by atoms with Crippen molar-refractivity contribution in [1.82, 2.24) is 9.97 Å².